The molecule has 40 heavy (non-hydrogen) atoms. The van der Waals surface area contributed by atoms with E-state index in [-0.39, 0.29) is 23.7 Å². The Morgan fingerprint density at radius 1 is 1.10 bits per heavy atom. The fraction of sp³-hybridized carbons (Fsp3) is 0.536. The first-order chi connectivity index (χ1) is 19.5. The summed E-state index contributed by atoms with van der Waals surface area (Å²) in [7, 11) is 0. The van der Waals surface area contributed by atoms with Crippen LogP contribution in [0.2, 0.25) is 0 Å². The lowest BCUT2D eigenvalue weighted by molar-refractivity contribution is 0.283. The number of rotatable bonds is 10. The molecule has 0 radical (unpaired) electrons. The molecular weight excluding hydrogens is 508 g/mol. The van der Waals surface area contributed by atoms with Gasteiger partial charge in [0.2, 0.25) is 17.6 Å². The van der Waals surface area contributed by atoms with Gasteiger partial charge in [-0.2, -0.15) is 4.98 Å². The summed E-state index contributed by atoms with van der Waals surface area (Å²) < 4.78 is 6.97. The van der Waals surface area contributed by atoms with Gasteiger partial charge in [-0.25, -0.2) is 24.7 Å². The van der Waals surface area contributed by atoms with Gasteiger partial charge in [-0.05, 0) is 70.1 Å². The Balaban J connectivity index is 1.44. The Kier molecular flexibility index (Phi) is 7.31. The lowest BCUT2D eigenvalue weighted by Gasteiger charge is -2.32. The van der Waals surface area contributed by atoms with Crippen LogP contribution in [-0.4, -0.2) is 45.7 Å². The standard InChI is InChI=1S/C28H36N10O2/c1-4-18-8-10-19(11-9-18)14-38-22-23(31-16(2)20-6-5-7-20)33-25(26-36-28(39)40-37-26)34-24(22)35-27(38)32-17(3)21-12-29-15-30-13-21/h4,12-13,15-20H,1,5-11,14H2,2-3H3,(H,36,37,39)(H2,31,32,33,34,35)/t16-,17?,18-,19-/m1/s1. The quantitative estimate of drug-likeness (QED) is 0.239. The van der Waals surface area contributed by atoms with Gasteiger partial charge in [0.15, 0.2) is 11.5 Å². The molecule has 3 N–H and O–H groups in total. The number of nitrogens with zero attached hydrogens (tertiary/aromatic N) is 7. The molecule has 2 fully saturated rings. The van der Waals surface area contributed by atoms with Gasteiger partial charge in [-0.3, -0.25) is 9.51 Å². The summed E-state index contributed by atoms with van der Waals surface area (Å²) in [5.74, 6) is 2.83. The van der Waals surface area contributed by atoms with Gasteiger partial charge in [0.05, 0.1) is 6.04 Å². The number of nitrogens with one attached hydrogen (secondary N) is 3. The number of aromatic nitrogens is 8. The largest absolute Gasteiger partial charge is 0.439 e. The average Bonchev–Trinajstić information content (AvgIpc) is 3.52. The van der Waals surface area contributed by atoms with Crippen LogP contribution in [0.1, 0.15) is 70.4 Å². The summed E-state index contributed by atoms with van der Waals surface area (Å²) in [6.45, 7) is 9.06. The molecule has 2 saturated carbocycles. The van der Waals surface area contributed by atoms with E-state index in [1.165, 1.54) is 25.6 Å². The summed E-state index contributed by atoms with van der Waals surface area (Å²) in [5, 5.41) is 11.1. The predicted octanol–water partition coefficient (Wildman–Crippen LogP) is 4.73. The monoisotopic (exact) mass is 544 g/mol. The number of hydrogen-bond acceptors (Lipinski definition) is 10. The smallest absolute Gasteiger partial charge is 0.365 e. The van der Waals surface area contributed by atoms with Gasteiger partial charge >= 0.3 is 5.76 Å². The summed E-state index contributed by atoms with van der Waals surface area (Å²) in [5.41, 5.74) is 2.32. The van der Waals surface area contributed by atoms with Crippen molar-refractivity contribution < 1.29 is 4.52 Å². The summed E-state index contributed by atoms with van der Waals surface area (Å²) >= 11 is 0. The van der Waals surface area contributed by atoms with Crippen molar-refractivity contribution in [2.45, 2.75) is 77.4 Å². The van der Waals surface area contributed by atoms with Crippen molar-refractivity contribution in [3.05, 3.63) is 47.5 Å². The fourth-order valence-corrected chi connectivity index (χ4v) is 5.81. The molecule has 4 aromatic heterocycles. The van der Waals surface area contributed by atoms with Crippen molar-refractivity contribution in [3.63, 3.8) is 0 Å². The number of imidazole rings is 1. The highest BCUT2D eigenvalue weighted by Crippen LogP contribution is 2.36. The van der Waals surface area contributed by atoms with E-state index in [0.29, 0.717) is 35.2 Å². The lowest BCUT2D eigenvalue weighted by atomic mass is 9.80. The van der Waals surface area contributed by atoms with Crippen LogP contribution >= 0.6 is 0 Å². The third-order valence-electron chi connectivity index (χ3n) is 8.57. The van der Waals surface area contributed by atoms with E-state index in [1.807, 2.05) is 0 Å². The van der Waals surface area contributed by atoms with E-state index >= 15 is 0 Å². The van der Waals surface area contributed by atoms with Crippen molar-refractivity contribution in [2.24, 2.45) is 17.8 Å². The normalized spacial score (nSPS) is 21.1. The first kappa shape index (κ1) is 26.1. The van der Waals surface area contributed by atoms with Gasteiger partial charge in [0.1, 0.15) is 11.8 Å². The van der Waals surface area contributed by atoms with Gasteiger partial charge in [0.25, 0.3) is 0 Å². The highest BCUT2D eigenvalue weighted by molar-refractivity contribution is 5.87. The molecular formula is C28H36N10O2. The Morgan fingerprint density at radius 2 is 1.88 bits per heavy atom. The van der Waals surface area contributed by atoms with Crippen LogP contribution in [0.5, 0.6) is 0 Å². The molecule has 1 unspecified atom stereocenters. The lowest BCUT2D eigenvalue weighted by Crippen LogP contribution is -2.31. The van der Waals surface area contributed by atoms with E-state index in [9.17, 15) is 4.79 Å². The molecule has 4 aromatic rings. The minimum atomic E-state index is -0.655. The molecule has 12 heteroatoms. The Labute approximate surface area is 232 Å². The van der Waals surface area contributed by atoms with E-state index in [0.717, 1.165) is 43.3 Å². The number of allylic oxidation sites excluding steroid dienone is 1. The van der Waals surface area contributed by atoms with E-state index < -0.39 is 5.76 Å². The molecule has 2 atom stereocenters. The predicted molar refractivity (Wildman–Crippen MR) is 152 cm³/mol. The van der Waals surface area contributed by atoms with Crippen LogP contribution in [-0.2, 0) is 6.54 Å². The van der Waals surface area contributed by atoms with Gasteiger partial charge in [0, 0.05) is 30.5 Å². The molecule has 2 aliphatic carbocycles. The molecule has 0 bridgehead atoms. The maximum atomic E-state index is 11.7. The van der Waals surface area contributed by atoms with Crippen LogP contribution in [0, 0.1) is 17.8 Å². The molecule has 12 nitrogen and oxygen atoms in total. The number of anilines is 2. The van der Waals surface area contributed by atoms with Crippen molar-refractivity contribution in [2.75, 3.05) is 10.6 Å². The highest BCUT2D eigenvalue weighted by atomic mass is 16.5. The minimum Gasteiger partial charge on any atom is -0.365 e. The fourth-order valence-electron chi connectivity index (χ4n) is 5.81. The third kappa shape index (κ3) is 5.34. The number of fused-ring (bicyclic) bond motifs is 1. The van der Waals surface area contributed by atoms with Gasteiger partial charge < -0.3 is 15.2 Å². The van der Waals surface area contributed by atoms with Crippen molar-refractivity contribution >= 4 is 22.9 Å². The molecule has 0 spiro atoms. The maximum absolute atomic E-state index is 11.7. The van der Waals surface area contributed by atoms with Crippen molar-refractivity contribution in [1.82, 2.24) is 39.6 Å². The van der Waals surface area contributed by atoms with E-state index in [4.69, 9.17) is 19.5 Å². The Hall–Kier alpha value is -4.09. The topological polar surface area (TPSA) is 152 Å². The molecule has 0 amide bonds. The third-order valence-corrected chi connectivity index (χ3v) is 8.57. The molecule has 4 heterocycles. The first-order valence-corrected chi connectivity index (χ1v) is 14.2. The molecule has 2 aliphatic rings. The molecule has 0 saturated heterocycles. The van der Waals surface area contributed by atoms with E-state index in [2.05, 4.69) is 61.8 Å². The van der Waals surface area contributed by atoms with Crippen molar-refractivity contribution in [3.8, 4) is 11.6 Å². The first-order valence-electron chi connectivity index (χ1n) is 14.2. The van der Waals surface area contributed by atoms with Crippen LogP contribution in [0.4, 0.5) is 11.8 Å². The van der Waals surface area contributed by atoms with Crippen molar-refractivity contribution in [1.29, 1.82) is 0 Å². The van der Waals surface area contributed by atoms with Crippen LogP contribution in [0.3, 0.4) is 0 Å². The molecule has 210 valence electrons. The number of aromatic amines is 1. The zero-order valence-electron chi connectivity index (χ0n) is 23.0. The van der Waals surface area contributed by atoms with E-state index in [1.54, 1.807) is 12.4 Å². The second kappa shape index (κ2) is 11.2. The van der Waals surface area contributed by atoms with Gasteiger partial charge in [-0.15, -0.1) is 6.58 Å². The molecule has 6 rings (SSSR count). The molecule has 0 aliphatic heterocycles. The summed E-state index contributed by atoms with van der Waals surface area (Å²) in [6, 6.07) is 0.136. The van der Waals surface area contributed by atoms with Crippen LogP contribution in [0.25, 0.3) is 22.8 Å². The zero-order valence-corrected chi connectivity index (χ0v) is 23.0. The van der Waals surface area contributed by atoms with Crippen LogP contribution < -0.4 is 16.4 Å². The number of H-pyrrole nitrogens is 1. The summed E-state index contributed by atoms with van der Waals surface area (Å²) in [4.78, 5) is 37.2. The second-order valence-electron chi connectivity index (χ2n) is 11.2. The second-order valence-corrected chi connectivity index (χ2v) is 11.2. The average molecular weight is 545 g/mol. The maximum Gasteiger partial charge on any atom is 0.439 e. The van der Waals surface area contributed by atoms with Gasteiger partial charge in [-0.1, -0.05) is 17.7 Å². The molecule has 0 aromatic carbocycles. The number of hydrogen-bond donors (Lipinski definition) is 3. The minimum absolute atomic E-state index is 0.0853. The Bertz CT molecular complexity index is 1520. The highest BCUT2D eigenvalue weighted by Gasteiger charge is 2.29. The summed E-state index contributed by atoms with van der Waals surface area (Å²) in [6.07, 6.45) is 15.4. The zero-order chi connectivity index (χ0) is 27.6. The Morgan fingerprint density at radius 3 is 2.52 bits per heavy atom. The SMILES string of the molecule is C=C[C@H]1CC[C@H](Cn2c(NC(C)c3cncnc3)nc3nc(-c4noc(=O)[nH]4)nc(N[C@H](C)C4CCC4)c32)CC1. The van der Waals surface area contributed by atoms with Crippen LogP contribution in [0.15, 0.2) is 40.7 Å².